The summed E-state index contributed by atoms with van der Waals surface area (Å²) in [5.41, 5.74) is 0. The van der Waals surface area contributed by atoms with Crippen molar-refractivity contribution in [2.75, 3.05) is 6.54 Å². The lowest BCUT2D eigenvalue weighted by Gasteiger charge is -1.97. The summed E-state index contributed by atoms with van der Waals surface area (Å²) in [6, 6.07) is 0. The number of carboxylic acid groups (broad SMARTS) is 1. The highest BCUT2D eigenvalue weighted by Crippen LogP contribution is 2.37. The minimum absolute atomic E-state index is 0.0963. The first-order valence-electron chi connectivity index (χ1n) is 3.58. The van der Waals surface area contributed by atoms with Gasteiger partial charge in [-0.1, -0.05) is 0 Å². The lowest BCUT2D eigenvalue weighted by atomic mass is 10.3. The Balaban J connectivity index is 2.14. The number of hydrogen-bond acceptors (Lipinski definition) is 2. The van der Waals surface area contributed by atoms with E-state index in [1.165, 1.54) is 6.92 Å². The summed E-state index contributed by atoms with van der Waals surface area (Å²) in [4.78, 5) is 20.7. The number of carbonyl (C=O) groups excluding carboxylic acids is 1. The Labute approximate surface area is 64.6 Å². The third kappa shape index (κ3) is 2.22. The van der Waals surface area contributed by atoms with Crippen LogP contribution in [0.15, 0.2) is 0 Å². The lowest BCUT2D eigenvalue weighted by molar-refractivity contribution is -0.139. The molecule has 1 fully saturated rings. The van der Waals surface area contributed by atoms with Crippen molar-refractivity contribution < 1.29 is 14.7 Å². The van der Waals surface area contributed by atoms with Gasteiger partial charge in [-0.2, -0.15) is 0 Å². The van der Waals surface area contributed by atoms with Crippen molar-refractivity contribution in [1.29, 1.82) is 0 Å². The van der Waals surface area contributed by atoms with Crippen molar-refractivity contribution in [2.24, 2.45) is 11.8 Å². The topological polar surface area (TPSA) is 66.4 Å². The first kappa shape index (κ1) is 8.04. The van der Waals surface area contributed by atoms with Crippen molar-refractivity contribution in [3.63, 3.8) is 0 Å². The number of rotatable bonds is 3. The quantitative estimate of drug-likeness (QED) is 0.598. The van der Waals surface area contributed by atoms with Crippen LogP contribution in [0.1, 0.15) is 13.3 Å². The molecule has 4 heteroatoms. The summed E-state index contributed by atoms with van der Waals surface area (Å²) >= 11 is 0. The maximum atomic E-state index is 10.4. The second-order valence-electron chi connectivity index (χ2n) is 2.88. The van der Waals surface area contributed by atoms with Gasteiger partial charge >= 0.3 is 5.97 Å². The van der Waals surface area contributed by atoms with Gasteiger partial charge in [0.25, 0.3) is 0 Å². The molecule has 2 atom stereocenters. The third-order valence-corrected chi connectivity index (χ3v) is 1.85. The molecule has 0 aromatic rings. The molecule has 2 N–H and O–H groups in total. The zero-order chi connectivity index (χ0) is 8.43. The largest absolute Gasteiger partial charge is 0.481 e. The Hall–Kier alpha value is -1.06. The van der Waals surface area contributed by atoms with Crippen LogP contribution in [0.3, 0.4) is 0 Å². The standard InChI is InChI=1S/C7H11NO3/c1-4(9)8-3-5-2-6(5)7(10)11/h5-6H,2-3H2,1H3,(H,8,9)(H,10,11)/t5-,6-/m0/s1. The van der Waals surface area contributed by atoms with Gasteiger partial charge in [0.1, 0.15) is 0 Å². The van der Waals surface area contributed by atoms with Crippen LogP contribution in [0.25, 0.3) is 0 Å². The smallest absolute Gasteiger partial charge is 0.306 e. The maximum Gasteiger partial charge on any atom is 0.306 e. The Morgan fingerprint density at radius 1 is 1.64 bits per heavy atom. The molecule has 0 unspecified atom stereocenters. The number of amides is 1. The van der Waals surface area contributed by atoms with E-state index in [1.807, 2.05) is 0 Å². The van der Waals surface area contributed by atoms with E-state index in [0.717, 1.165) is 0 Å². The molecule has 0 aliphatic heterocycles. The van der Waals surface area contributed by atoms with Gasteiger partial charge in [-0.15, -0.1) is 0 Å². The first-order valence-corrected chi connectivity index (χ1v) is 3.58. The van der Waals surface area contributed by atoms with E-state index in [-0.39, 0.29) is 17.7 Å². The SMILES string of the molecule is CC(=O)NC[C@@H]1C[C@@H]1C(=O)O. The molecular weight excluding hydrogens is 146 g/mol. The average molecular weight is 157 g/mol. The predicted molar refractivity (Wildman–Crippen MR) is 37.9 cm³/mol. The Morgan fingerprint density at radius 3 is 2.64 bits per heavy atom. The molecule has 0 bridgehead atoms. The zero-order valence-corrected chi connectivity index (χ0v) is 6.33. The Kier molecular flexibility index (Phi) is 2.12. The average Bonchev–Trinajstić information content (AvgIpc) is 2.61. The molecular formula is C7H11NO3. The maximum absolute atomic E-state index is 10.4. The van der Waals surface area contributed by atoms with Crippen LogP contribution in [0.2, 0.25) is 0 Å². The van der Waals surface area contributed by atoms with Gasteiger partial charge < -0.3 is 10.4 Å². The fourth-order valence-electron chi connectivity index (χ4n) is 1.05. The number of hydrogen-bond donors (Lipinski definition) is 2. The monoisotopic (exact) mass is 157 g/mol. The molecule has 1 aliphatic carbocycles. The van der Waals surface area contributed by atoms with E-state index in [1.54, 1.807) is 0 Å². The van der Waals surface area contributed by atoms with Crippen molar-refractivity contribution in [3.8, 4) is 0 Å². The molecule has 1 amide bonds. The van der Waals surface area contributed by atoms with Gasteiger partial charge in [-0.05, 0) is 12.3 Å². The Bertz CT molecular complexity index is 190. The zero-order valence-electron chi connectivity index (χ0n) is 6.33. The highest BCUT2D eigenvalue weighted by atomic mass is 16.4. The summed E-state index contributed by atoms with van der Waals surface area (Å²) < 4.78 is 0. The van der Waals surface area contributed by atoms with Gasteiger partial charge in [0.2, 0.25) is 5.91 Å². The van der Waals surface area contributed by atoms with Gasteiger partial charge in [-0.3, -0.25) is 9.59 Å². The lowest BCUT2D eigenvalue weighted by Crippen LogP contribution is -2.23. The summed E-state index contributed by atoms with van der Waals surface area (Å²) in [6.07, 6.45) is 0.704. The fraction of sp³-hybridized carbons (Fsp3) is 0.714. The Morgan fingerprint density at radius 2 is 2.27 bits per heavy atom. The molecule has 1 saturated carbocycles. The molecule has 0 radical (unpaired) electrons. The van der Waals surface area contributed by atoms with E-state index < -0.39 is 5.97 Å². The van der Waals surface area contributed by atoms with Crippen LogP contribution in [0, 0.1) is 11.8 Å². The minimum atomic E-state index is -0.750. The molecule has 0 spiro atoms. The highest BCUT2D eigenvalue weighted by Gasteiger charge is 2.42. The minimum Gasteiger partial charge on any atom is -0.481 e. The van der Waals surface area contributed by atoms with Crippen LogP contribution >= 0.6 is 0 Å². The second-order valence-corrected chi connectivity index (χ2v) is 2.88. The number of nitrogens with one attached hydrogen (secondary N) is 1. The molecule has 0 aromatic heterocycles. The van der Waals surface area contributed by atoms with Crippen LogP contribution in [0.4, 0.5) is 0 Å². The number of aliphatic carboxylic acids is 1. The summed E-state index contributed by atoms with van der Waals surface area (Å²) in [7, 11) is 0. The summed E-state index contributed by atoms with van der Waals surface area (Å²) in [5, 5.41) is 11.1. The summed E-state index contributed by atoms with van der Waals surface area (Å²) in [6.45, 7) is 1.93. The van der Waals surface area contributed by atoms with E-state index in [2.05, 4.69) is 5.32 Å². The molecule has 11 heavy (non-hydrogen) atoms. The second kappa shape index (κ2) is 2.90. The van der Waals surface area contributed by atoms with Gasteiger partial charge in [0.05, 0.1) is 5.92 Å². The molecule has 1 aliphatic rings. The molecule has 0 aromatic carbocycles. The van der Waals surface area contributed by atoms with Gasteiger partial charge in [-0.25, -0.2) is 0 Å². The van der Waals surface area contributed by atoms with Crippen LogP contribution in [0.5, 0.6) is 0 Å². The van der Waals surface area contributed by atoms with Crippen molar-refractivity contribution in [1.82, 2.24) is 5.32 Å². The number of carbonyl (C=O) groups is 2. The third-order valence-electron chi connectivity index (χ3n) is 1.85. The van der Waals surface area contributed by atoms with Gasteiger partial charge in [0.15, 0.2) is 0 Å². The molecule has 0 heterocycles. The van der Waals surface area contributed by atoms with Crippen molar-refractivity contribution >= 4 is 11.9 Å². The van der Waals surface area contributed by atoms with Gasteiger partial charge in [0, 0.05) is 13.5 Å². The van der Waals surface area contributed by atoms with Crippen molar-refractivity contribution in [2.45, 2.75) is 13.3 Å². The van der Waals surface area contributed by atoms with Crippen molar-refractivity contribution in [3.05, 3.63) is 0 Å². The summed E-state index contributed by atoms with van der Waals surface area (Å²) in [5.74, 6) is -0.903. The van der Waals surface area contributed by atoms with E-state index in [9.17, 15) is 9.59 Å². The van der Waals surface area contributed by atoms with E-state index >= 15 is 0 Å². The van der Waals surface area contributed by atoms with E-state index in [4.69, 9.17) is 5.11 Å². The van der Waals surface area contributed by atoms with Crippen LogP contribution in [-0.4, -0.2) is 23.5 Å². The normalized spacial score (nSPS) is 27.7. The van der Waals surface area contributed by atoms with Crippen LogP contribution in [-0.2, 0) is 9.59 Å². The molecule has 62 valence electrons. The van der Waals surface area contributed by atoms with E-state index in [0.29, 0.717) is 13.0 Å². The molecule has 4 nitrogen and oxygen atoms in total. The van der Waals surface area contributed by atoms with Crippen LogP contribution < -0.4 is 5.32 Å². The number of carboxylic acids is 1. The fourth-order valence-corrected chi connectivity index (χ4v) is 1.05. The highest BCUT2D eigenvalue weighted by molar-refractivity contribution is 5.75. The first-order chi connectivity index (χ1) is 5.11. The predicted octanol–water partition coefficient (Wildman–Crippen LogP) is -0.157. The molecule has 1 rings (SSSR count). The molecule has 0 saturated heterocycles.